The average Bonchev–Trinajstić information content (AvgIpc) is 2.82. The van der Waals surface area contributed by atoms with Crippen molar-refractivity contribution < 1.29 is 13.2 Å². The van der Waals surface area contributed by atoms with Crippen LogP contribution in [0.2, 0.25) is 0 Å². The van der Waals surface area contributed by atoms with Crippen LogP contribution in [0, 0.1) is 0 Å². The molecule has 0 saturated heterocycles. The van der Waals surface area contributed by atoms with Crippen molar-refractivity contribution in [3.05, 3.63) is 95.1 Å². The van der Waals surface area contributed by atoms with Crippen LogP contribution in [0.5, 0.6) is 0 Å². The lowest BCUT2D eigenvalue weighted by atomic mass is 10.0. The van der Waals surface area contributed by atoms with Crippen molar-refractivity contribution >= 4 is 27.7 Å². The zero-order valence-electron chi connectivity index (χ0n) is 17.2. The third kappa shape index (κ3) is 4.84. The standard InChI is InChI=1S/C24H24N2O3S2/c1-30-22-11-9-18(10-12-22)16-25-24(27)20-7-4-8-23(15-20)31(28,29)26-14-13-19-5-2-3-6-21(19)17-26/h2-12,15H,13-14,16-17H2,1H3,(H,25,27). The summed E-state index contributed by atoms with van der Waals surface area (Å²) in [5.74, 6) is -0.296. The number of carbonyl (C=O) groups excluding carboxylic acids is 1. The molecule has 1 N–H and O–H groups in total. The van der Waals surface area contributed by atoms with Gasteiger partial charge >= 0.3 is 0 Å². The van der Waals surface area contributed by atoms with Gasteiger partial charge in [-0.15, -0.1) is 11.8 Å². The minimum atomic E-state index is -3.68. The fraction of sp³-hybridized carbons (Fsp3) is 0.208. The van der Waals surface area contributed by atoms with Crippen molar-refractivity contribution in [2.45, 2.75) is 29.3 Å². The summed E-state index contributed by atoms with van der Waals surface area (Å²) in [6, 6.07) is 22.1. The third-order valence-corrected chi connectivity index (χ3v) is 8.03. The van der Waals surface area contributed by atoms with Gasteiger partial charge in [-0.1, -0.05) is 42.5 Å². The van der Waals surface area contributed by atoms with Gasteiger partial charge < -0.3 is 5.32 Å². The predicted molar refractivity (Wildman–Crippen MR) is 124 cm³/mol. The minimum Gasteiger partial charge on any atom is -0.348 e. The molecule has 1 amide bonds. The monoisotopic (exact) mass is 452 g/mol. The Labute approximate surface area is 187 Å². The number of hydrogen-bond donors (Lipinski definition) is 1. The lowest BCUT2D eigenvalue weighted by molar-refractivity contribution is 0.0950. The fourth-order valence-corrected chi connectivity index (χ4v) is 5.52. The highest BCUT2D eigenvalue weighted by atomic mass is 32.2. The fourth-order valence-electron chi connectivity index (χ4n) is 3.65. The van der Waals surface area contributed by atoms with E-state index in [1.54, 1.807) is 30.0 Å². The highest BCUT2D eigenvalue weighted by molar-refractivity contribution is 7.98. The van der Waals surface area contributed by atoms with E-state index in [9.17, 15) is 13.2 Å². The molecule has 1 aliphatic heterocycles. The van der Waals surface area contributed by atoms with E-state index in [1.165, 1.54) is 15.9 Å². The predicted octanol–water partition coefficient (Wildman–Crippen LogP) is 4.09. The van der Waals surface area contributed by atoms with E-state index in [1.807, 2.05) is 54.8 Å². The minimum absolute atomic E-state index is 0.142. The second-order valence-corrected chi connectivity index (χ2v) is 10.2. The van der Waals surface area contributed by atoms with Crippen LogP contribution in [0.4, 0.5) is 0 Å². The van der Waals surface area contributed by atoms with Gasteiger partial charge in [0.15, 0.2) is 0 Å². The highest BCUT2D eigenvalue weighted by Gasteiger charge is 2.28. The number of rotatable bonds is 6. The Balaban J connectivity index is 1.47. The molecule has 0 aliphatic carbocycles. The Morgan fingerprint density at radius 2 is 1.74 bits per heavy atom. The maximum Gasteiger partial charge on any atom is 0.251 e. The molecule has 31 heavy (non-hydrogen) atoms. The second kappa shape index (κ2) is 9.26. The summed E-state index contributed by atoms with van der Waals surface area (Å²) in [7, 11) is -3.68. The van der Waals surface area contributed by atoms with Crippen LogP contribution >= 0.6 is 11.8 Å². The molecule has 0 bridgehead atoms. The first kappa shape index (κ1) is 21.6. The molecule has 160 valence electrons. The van der Waals surface area contributed by atoms with E-state index < -0.39 is 10.0 Å². The molecule has 0 saturated carbocycles. The van der Waals surface area contributed by atoms with Gasteiger partial charge in [-0.3, -0.25) is 4.79 Å². The molecule has 4 rings (SSSR count). The molecule has 3 aromatic carbocycles. The molecule has 0 spiro atoms. The summed E-state index contributed by atoms with van der Waals surface area (Å²) >= 11 is 1.66. The first-order chi connectivity index (χ1) is 15.0. The summed E-state index contributed by atoms with van der Waals surface area (Å²) < 4.78 is 27.9. The number of sulfonamides is 1. The number of thioether (sulfide) groups is 1. The summed E-state index contributed by atoms with van der Waals surface area (Å²) in [5.41, 5.74) is 3.53. The lowest BCUT2D eigenvalue weighted by Gasteiger charge is -2.28. The number of nitrogens with zero attached hydrogens (tertiary/aromatic N) is 1. The molecule has 7 heteroatoms. The van der Waals surface area contributed by atoms with E-state index in [0.29, 0.717) is 31.6 Å². The van der Waals surface area contributed by atoms with E-state index in [-0.39, 0.29) is 10.8 Å². The molecular formula is C24H24N2O3S2. The highest BCUT2D eigenvalue weighted by Crippen LogP contribution is 2.25. The number of amides is 1. The largest absolute Gasteiger partial charge is 0.348 e. The maximum atomic E-state index is 13.2. The second-order valence-electron chi connectivity index (χ2n) is 7.42. The first-order valence-corrected chi connectivity index (χ1v) is 12.7. The van der Waals surface area contributed by atoms with Crippen molar-refractivity contribution in [1.29, 1.82) is 0 Å². The molecule has 0 fully saturated rings. The third-order valence-electron chi connectivity index (χ3n) is 5.44. The van der Waals surface area contributed by atoms with E-state index in [0.717, 1.165) is 16.0 Å². The summed E-state index contributed by atoms with van der Waals surface area (Å²) in [6.45, 7) is 1.16. The molecule has 0 unspecified atom stereocenters. The van der Waals surface area contributed by atoms with Crippen molar-refractivity contribution in [3.63, 3.8) is 0 Å². The van der Waals surface area contributed by atoms with Crippen molar-refractivity contribution in [2.75, 3.05) is 12.8 Å². The number of carbonyl (C=O) groups is 1. The zero-order chi connectivity index (χ0) is 21.8. The maximum absolute atomic E-state index is 13.2. The van der Waals surface area contributed by atoms with Crippen LogP contribution in [0.1, 0.15) is 27.0 Å². The Morgan fingerprint density at radius 1 is 1.00 bits per heavy atom. The first-order valence-electron chi connectivity index (χ1n) is 10.1. The van der Waals surface area contributed by atoms with Gasteiger partial charge in [-0.2, -0.15) is 4.31 Å². The van der Waals surface area contributed by atoms with E-state index >= 15 is 0 Å². The number of benzene rings is 3. The Bertz CT molecular complexity index is 1190. The smallest absolute Gasteiger partial charge is 0.251 e. The molecule has 0 aromatic heterocycles. The molecule has 1 heterocycles. The van der Waals surface area contributed by atoms with Gasteiger partial charge in [0.1, 0.15) is 0 Å². The van der Waals surface area contributed by atoms with Crippen LogP contribution in [-0.2, 0) is 29.5 Å². The average molecular weight is 453 g/mol. The van der Waals surface area contributed by atoms with Gasteiger partial charge in [0.05, 0.1) is 4.90 Å². The van der Waals surface area contributed by atoms with Crippen LogP contribution in [0.15, 0.2) is 82.6 Å². The number of nitrogens with one attached hydrogen (secondary N) is 1. The molecule has 3 aromatic rings. The zero-order valence-corrected chi connectivity index (χ0v) is 18.9. The Hall–Kier alpha value is -2.61. The van der Waals surface area contributed by atoms with E-state index in [4.69, 9.17) is 0 Å². The number of fused-ring (bicyclic) bond motifs is 1. The Kier molecular flexibility index (Phi) is 6.46. The lowest BCUT2D eigenvalue weighted by Crippen LogP contribution is -2.36. The quantitative estimate of drug-likeness (QED) is 0.572. The van der Waals surface area contributed by atoms with Gasteiger partial charge in [0.25, 0.3) is 5.91 Å². The normalized spacial score (nSPS) is 14.1. The molecular weight excluding hydrogens is 428 g/mol. The molecule has 5 nitrogen and oxygen atoms in total. The van der Waals surface area contributed by atoms with Crippen molar-refractivity contribution in [2.24, 2.45) is 0 Å². The van der Waals surface area contributed by atoms with Crippen LogP contribution in [0.25, 0.3) is 0 Å². The summed E-state index contributed by atoms with van der Waals surface area (Å²) in [5, 5.41) is 2.87. The van der Waals surface area contributed by atoms with Crippen LogP contribution < -0.4 is 5.32 Å². The van der Waals surface area contributed by atoms with Gasteiger partial charge in [-0.05, 0) is 59.7 Å². The van der Waals surface area contributed by atoms with Crippen molar-refractivity contribution in [1.82, 2.24) is 9.62 Å². The van der Waals surface area contributed by atoms with Gasteiger partial charge in [0, 0.05) is 30.1 Å². The molecule has 0 atom stereocenters. The topological polar surface area (TPSA) is 66.5 Å². The van der Waals surface area contributed by atoms with Crippen LogP contribution in [0.3, 0.4) is 0 Å². The molecule has 1 aliphatic rings. The van der Waals surface area contributed by atoms with Gasteiger partial charge in [-0.25, -0.2) is 8.42 Å². The Morgan fingerprint density at radius 3 is 2.48 bits per heavy atom. The summed E-state index contributed by atoms with van der Waals surface area (Å²) in [6.07, 6.45) is 2.70. The van der Waals surface area contributed by atoms with Crippen LogP contribution in [-0.4, -0.2) is 31.4 Å². The summed E-state index contributed by atoms with van der Waals surface area (Å²) in [4.78, 5) is 13.9. The van der Waals surface area contributed by atoms with Crippen molar-refractivity contribution in [3.8, 4) is 0 Å². The van der Waals surface area contributed by atoms with Gasteiger partial charge in [0.2, 0.25) is 10.0 Å². The molecule has 0 radical (unpaired) electrons. The SMILES string of the molecule is CSc1ccc(CNC(=O)c2cccc(S(=O)(=O)N3CCc4ccccc4C3)c2)cc1. The number of hydrogen-bond acceptors (Lipinski definition) is 4. The van der Waals surface area contributed by atoms with E-state index in [2.05, 4.69) is 5.32 Å².